The largest absolute Gasteiger partial charge is 0.481 e. The van der Waals surface area contributed by atoms with Crippen molar-refractivity contribution in [2.75, 3.05) is 13.2 Å². The zero-order valence-electron chi connectivity index (χ0n) is 7.67. The van der Waals surface area contributed by atoms with Gasteiger partial charge >= 0.3 is 5.97 Å². The third kappa shape index (κ3) is 1.46. The first-order chi connectivity index (χ1) is 5.62. The zero-order valence-corrected chi connectivity index (χ0v) is 7.67. The fourth-order valence-corrected chi connectivity index (χ4v) is 1.73. The Kier molecular flexibility index (Phi) is 2.73. The quantitative estimate of drug-likeness (QED) is 0.699. The van der Waals surface area contributed by atoms with E-state index < -0.39 is 5.97 Å². The summed E-state index contributed by atoms with van der Waals surface area (Å²) in [7, 11) is 0. The van der Waals surface area contributed by atoms with Crippen LogP contribution in [0.15, 0.2) is 0 Å². The molecule has 70 valence electrons. The highest BCUT2D eigenvalue weighted by Gasteiger charge is 2.45. The van der Waals surface area contributed by atoms with Crippen LogP contribution in [0.3, 0.4) is 0 Å². The average Bonchev–Trinajstić information content (AvgIpc) is 1.95. The van der Waals surface area contributed by atoms with Gasteiger partial charge in [-0.2, -0.15) is 0 Å². The summed E-state index contributed by atoms with van der Waals surface area (Å²) in [6, 6.07) is 0. The summed E-state index contributed by atoms with van der Waals surface area (Å²) in [5, 5.41) is 8.85. The molecule has 1 aliphatic heterocycles. The highest BCUT2D eigenvalue weighted by atomic mass is 16.5. The van der Waals surface area contributed by atoms with E-state index in [1.54, 1.807) is 6.92 Å². The van der Waals surface area contributed by atoms with Gasteiger partial charge in [0, 0.05) is 5.41 Å². The lowest BCUT2D eigenvalue weighted by Crippen LogP contribution is -2.49. The third-order valence-corrected chi connectivity index (χ3v) is 2.82. The molecule has 1 rings (SSSR count). The van der Waals surface area contributed by atoms with Gasteiger partial charge in [-0.3, -0.25) is 4.79 Å². The molecule has 0 aromatic rings. The van der Waals surface area contributed by atoms with Crippen molar-refractivity contribution in [3.63, 3.8) is 0 Å². The van der Waals surface area contributed by atoms with Crippen molar-refractivity contribution in [3.05, 3.63) is 0 Å². The van der Waals surface area contributed by atoms with Gasteiger partial charge in [0.2, 0.25) is 0 Å². The van der Waals surface area contributed by atoms with E-state index in [1.807, 2.05) is 0 Å². The first-order valence-corrected chi connectivity index (χ1v) is 4.43. The van der Waals surface area contributed by atoms with Crippen LogP contribution in [0.25, 0.3) is 0 Å². The lowest BCUT2D eigenvalue weighted by atomic mass is 9.71. The molecule has 0 saturated carbocycles. The monoisotopic (exact) mass is 172 g/mol. The molecular weight excluding hydrogens is 156 g/mol. The number of hydrogen-bond donors (Lipinski definition) is 1. The molecule has 0 amide bonds. The predicted octanol–water partition coefficient (Wildman–Crippen LogP) is 1.52. The van der Waals surface area contributed by atoms with Crippen LogP contribution in [-0.2, 0) is 9.53 Å². The van der Waals surface area contributed by atoms with Crippen LogP contribution in [0.5, 0.6) is 0 Å². The van der Waals surface area contributed by atoms with Crippen molar-refractivity contribution >= 4 is 5.97 Å². The molecule has 1 heterocycles. The van der Waals surface area contributed by atoms with E-state index in [0.29, 0.717) is 13.2 Å². The minimum Gasteiger partial charge on any atom is -0.481 e. The van der Waals surface area contributed by atoms with Gasteiger partial charge in [0.15, 0.2) is 0 Å². The molecule has 1 N–H and O–H groups in total. The first-order valence-electron chi connectivity index (χ1n) is 4.43. The summed E-state index contributed by atoms with van der Waals surface area (Å²) in [6.45, 7) is 5.10. The Balaban J connectivity index is 2.59. The maximum absolute atomic E-state index is 10.8. The first kappa shape index (κ1) is 9.52. The van der Waals surface area contributed by atoms with Crippen LogP contribution in [0.4, 0.5) is 0 Å². The summed E-state index contributed by atoms with van der Waals surface area (Å²) in [6.07, 6.45) is 1.99. The molecule has 0 spiro atoms. The number of rotatable bonds is 4. The molecule has 3 nitrogen and oxygen atoms in total. The fourth-order valence-electron chi connectivity index (χ4n) is 1.73. The average molecular weight is 172 g/mol. The molecule has 1 atom stereocenters. The van der Waals surface area contributed by atoms with Gasteiger partial charge in [0.25, 0.3) is 0 Å². The molecule has 1 unspecified atom stereocenters. The Bertz CT molecular complexity index is 173. The fraction of sp³-hybridized carbons (Fsp3) is 0.889. The summed E-state index contributed by atoms with van der Waals surface area (Å²) in [5.41, 5.74) is -0.0689. The highest BCUT2D eigenvalue weighted by Crippen LogP contribution is 2.40. The Morgan fingerprint density at radius 2 is 2.25 bits per heavy atom. The molecule has 12 heavy (non-hydrogen) atoms. The molecule has 1 saturated heterocycles. The van der Waals surface area contributed by atoms with Gasteiger partial charge in [-0.25, -0.2) is 0 Å². The van der Waals surface area contributed by atoms with Gasteiger partial charge in [-0.05, 0) is 6.42 Å². The van der Waals surface area contributed by atoms with E-state index in [9.17, 15) is 4.79 Å². The van der Waals surface area contributed by atoms with Crippen molar-refractivity contribution in [3.8, 4) is 0 Å². The topological polar surface area (TPSA) is 46.5 Å². The number of hydrogen-bond acceptors (Lipinski definition) is 2. The van der Waals surface area contributed by atoms with Gasteiger partial charge in [-0.15, -0.1) is 0 Å². The van der Waals surface area contributed by atoms with Crippen molar-refractivity contribution in [1.29, 1.82) is 0 Å². The lowest BCUT2D eigenvalue weighted by Gasteiger charge is -2.44. The van der Waals surface area contributed by atoms with Crippen molar-refractivity contribution < 1.29 is 14.6 Å². The van der Waals surface area contributed by atoms with E-state index in [-0.39, 0.29) is 11.3 Å². The van der Waals surface area contributed by atoms with Crippen molar-refractivity contribution in [1.82, 2.24) is 0 Å². The molecule has 3 heteroatoms. The molecular formula is C9H16O3. The molecule has 0 aliphatic carbocycles. The summed E-state index contributed by atoms with van der Waals surface area (Å²) in [5.74, 6) is -0.974. The molecule has 0 radical (unpaired) electrons. The van der Waals surface area contributed by atoms with E-state index >= 15 is 0 Å². The number of carbonyl (C=O) groups is 1. The molecule has 0 aromatic carbocycles. The van der Waals surface area contributed by atoms with Crippen LogP contribution in [0, 0.1) is 11.3 Å². The van der Waals surface area contributed by atoms with Crippen LogP contribution in [-0.4, -0.2) is 24.3 Å². The highest BCUT2D eigenvalue weighted by molar-refractivity contribution is 5.70. The van der Waals surface area contributed by atoms with Crippen LogP contribution >= 0.6 is 0 Å². The summed E-state index contributed by atoms with van der Waals surface area (Å²) in [4.78, 5) is 10.8. The number of carboxylic acids is 1. The zero-order chi connectivity index (χ0) is 9.19. The van der Waals surface area contributed by atoms with Gasteiger partial charge in [0.1, 0.15) is 0 Å². The maximum atomic E-state index is 10.8. The SMILES string of the molecule is CCCC1(C(C)C(=O)O)COC1. The minimum atomic E-state index is -0.702. The Morgan fingerprint density at radius 1 is 1.67 bits per heavy atom. The number of ether oxygens (including phenoxy) is 1. The van der Waals surface area contributed by atoms with Crippen LogP contribution in [0.1, 0.15) is 26.7 Å². The molecule has 0 aromatic heterocycles. The standard InChI is InChI=1S/C9H16O3/c1-3-4-9(5-12-6-9)7(2)8(10)11/h7H,3-6H2,1-2H3,(H,10,11). The van der Waals surface area contributed by atoms with Crippen LogP contribution < -0.4 is 0 Å². The molecule has 1 fully saturated rings. The minimum absolute atomic E-state index is 0.0689. The Labute approximate surface area is 72.7 Å². The normalized spacial score (nSPS) is 22.8. The van der Waals surface area contributed by atoms with Gasteiger partial charge < -0.3 is 9.84 Å². The smallest absolute Gasteiger partial charge is 0.306 e. The van der Waals surface area contributed by atoms with Gasteiger partial charge in [0.05, 0.1) is 19.1 Å². The third-order valence-electron chi connectivity index (χ3n) is 2.82. The Morgan fingerprint density at radius 3 is 2.50 bits per heavy atom. The second kappa shape index (κ2) is 3.44. The van der Waals surface area contributed by atoms with Crippen molar-refractivity contribution in [2.24, 2.45) is 11.3 Å². The van der Waals surface area contributed by atoms with E-state index in [1.165, 1.54) is 0 Å². The molecule has 1 aliphatic rings. The van der Waals surface area contributed by atoms with Crippen molar-refractivity contribution in [2.45, 2.75) is 26.7 Å². The van der Waals surface area contributed by atoms with Gasteiger partial charge in [-0.1, -0.05) is 20.3 Å². The summed E-state index contributed by atoms with van der Waals surface area (Å²) < 4.78 is 5.10. The molecule has 0 bridgehead atoms. The number of carboxylic acid groups (broad SMARTS) is 1. The van der Waals surface area contributed by atoms with E-state index in [4.69, 9.17) is 9.84 Å². The predicted molar refractivity (Wildman–Crippen MR) is 45.0 cm³/mol. The number of aliphatic carboxylic acids is 1. The lowest BCUT2D eigenvalue weighted by molar-refractivity contribution is -0.175. The summed E-state index contributed by atoms with van der Waals surface area (Å²) >= 11 is 0. The van der Waals surface area contributed by atoms with Crippen LogP contribution in [0.2, 0.25) is 0 Å². The maximum Gasteiger partial charge on any atom is 0.306 e. The second-order valence-electron chi connectivity index (χ2n) is 3.67. The van der Waals surface area contributed by atoms with E-state index in [0.717, 1.165) is 12.8 Å². The second-order valence-corrected chi connectivity index (χ2v) is 3.67. The van der Waals surface area contributed by atoms with E-state index in [2.05, 4.69) is 6.92 Å². The Hall–Kier alpha value is -0.570.